The lowest BCUT2D eigenvalue weighted by atomic mass is 10.1. The third-order valence-corrected chi connectivity index (χ3v) is 6.30. The van der Waals surface area contributed by atoms with Crippen LogP contribution in [0.3, 0.4) is 0 Å². The van der Waals surface area contributed by atoms with Gasteiger partial charge in [0.1, 0.15) is 6.61 Å². The number of nitrogens with one attached hydrogen (secondary N) is 1. The fourth-order valence-electron chi connectivity index (χ4n) is 3.80. The molecule has 182 valence electrons. The highest BCUT2D eigenvalue weighted by Crippen LogP contribution is 2.41. The normalized spacial score (nSPS) is 13.9. The van der Waals surface area contributed by atoms with E-state index in [2.05, 4.69) is 27.1 Å². The molecule has 0 spiro atoms. The number of nitrogens with zero attached hydrogens (tertiary/aromatic N) is 3. The van der Waals surface area contributed by atoms with Crippen molar-refractivity contribution in [2.75, 3.05) is 17.7 Å². The average molecular weight is 499 g/mol. The molecule has 4 aromatic rings. The van der Waals surface area contributed by atoms with Gasteiger partial charge in [0.15, 0.2) is 23.4 Å². The highest BCUT2D eigenvalue weighted by atomic mass is 32.2. The molecule has 0 amide bonds. The molecule has 1 N–H and O–H groups in total. The molecule has 0 saturated heterocycles. The summed E-state index contributed by atoms with van der Waals surface area (Å²) < 4.78 is 18.4. The molecule has 0 unspecified atom stereocenters. The first-order chi connectivity index (χ1) is 17.7. The molecule has 8 heteroatoms. The molecular weight excluding hydrogens is 472 g/mol. The quantitative estimate of drug-likeness (QED) is 0.213. The topological polar surface area (TPSA) is 78.4 Å². The van der Waals surface area contributed by atoms with Crippen LogP contribution in [-0.4, -0.2) is 27.5 Å². The summed E-state index contributed by atoms with van der Waals surface area (Å²) in [6.07, 6.45) is 1.28. The smallest absolute Gasteiger partial charge is 0.247 e. The first-order valence-electron chi connectivity index (χ1n) is 11.7. The van der Waals surface area contributed by atoms with Gasteiger partial charge in [-0.1, -0.05) is 66.4 Å². The van der Waals surface area contributed by atoms with Crippen molar-refractivity contribution in [3.63, 3.8) is 0 Å². The summed E-state index contributed by atoms with van der Waals surface area (Å²) in [5.74, 6) is 2.42. The Morgan fingerprint density at radius 2 is 1.83 bits per heavy atom. The van der Waals surface area contributed by atoms with Crippen LogP contribution in [0, 0.1) is 0 Å². The van der Waals surface area contributed by atoms with E-state index in [9.17, 15) is 0 Å². The lowest BCUT2D eigenvalue weighted by Crippen LogP contribution is -2.17. The van der Waals surface area contributed by atoms with E-state index in [1.54, 1.807) is 6.08 Å². The van der Waals surface area contributed by atoms with E-state index < -0.39 is 6.23 Å². The van der Waals surface area contributed by atoms with E-state index in [0.717, 1.165) is 22.4 Å². The van der Waals surface area contributed by atoms with Crippen LogP contribution in [-0.2, 0) is 6.61 Å². The standard InChI is InChI=1S/C28H26N4O3S/c1-3-16-36-28-30-27-25(31-32-28)21-12-8-9-13-22(21)29-26(35-27)20-14-15-23(24(17-20)33-4-2)34-18-19-10-6-5-7-11-19/h3,5-15,17,26,29H,1,4,16,18H2,2H3/t26-/m0/s1. The molecule has 7 nitrogen and oxygen atoms in total. The van der Waals surface area contributed by atoms with Gasteiger partial charge in [-0.2, -0.15) is 4.98 Å². The number of thioether (sulfide) groups is 1. The van der Waals surface area contributed by atoms with Gasteiger partial charge in [-0.05, 0) is 36.8 Å². The van der Waals surface area contributed by atoms with Crippen molar-refractivity contribution in [1.82, 2.24) is 15.2 Å². The van der Waals surface area contributed by atoms with Gasteiger partial charge >= 0.3 is 0 Å². The van der Waals surface area contributed by atoms with Gasteiger partial charge in [-0.3, -0.25) is 0 Å². The molecule has 5 rings (SSSR count). The Hall–Kier alpha value is -4.04. The number of para-hydroxylation sites is 1. The highest BCUT2D eigenvalue weighted by Gasteiger charge is 2.26. The van der Waals surface area contributed by atoms with Crippen LogP contribution in [0.25, 0.3) is 11.3 Å². The van der Waals surface area contributed by atoms with Crippen molar-refractivity contribution in [3.05, 3.63) is 96.6 Å². The number of fused-ring (bicyclic) bond motifs is 3. The second kappa shape index (κ2) is 11.1. The molecule has 0 saturated carbocycles. The lowest BCUT2D eigenvalue weighted by Gasteiger charge is -2.21. The van der Waals surface area contributed by atoms with E-state index in [4.69, 9.17) is 14.2 Å². The number of hydrogen-bond acceptors (Lipinski definition) is 8. The van der Waals surface area contributed by atoms with Gasteiger partial charge in [0.25, 0.3) is 0 Å². The van der Waals surface area contributed by atoms with Crippen molar-refractivity contribution >= 4 is 17.4 Å². The van der Waals surface area contributed by atoms with Crippen molar-refractivity contribution in [2.45, 2.75) is 24.9 Å². The Balaban J connectivity index is 1.47. The second-order valence-electron chi connectivity index (χ2n) is 7.95. The molecule has 3 aromatic carbocycles. The predicted molar refractivity (Wildman–Crippen MR) is 142 cm³/mol. The summed E-state index contributed by atoms with van der Waals surface area (Å²) in [5, 5.41) is 12.7. The van der Waals surface area contributed by atoms with E-state index in [1.165, 1.54) is 11.8 Å². The SMILES string of the molecule is C=CCSc1nnc2c(n1)O[C@@H](c1ccc(OCc3ccccc3)c(OCC)c1)Nc1ccccc1-2. The van der Waals surface area contributed by atoms with E-state index in [0.29, 0.717) is 47.2 Å². The summed E-state index contributed by atoms with van der Waals surface area (Å²) in [6, 6.07) is 23.8. The molecule has 2 heterocycles. The number of aromatic nitrogens is 3. The van der Waals surface area contributed by atoms with Crippen molar-refractivity contribution in [1.29, 1.82) is 0 Å². The largest absolute Gasteiger partial charge is 0.490 e. The Bertz CT molecular complexity index is 1350. The van der Waals surface area contributed by atoms with Crippen LogP contribution in [0.2, 0.25) is 0 Å². The monoisotopic (exact) mass is 498 g/mol. The molecule has 1 aliphatic heterocycles. The summed E-state index contributed by atoms with van der Waals surface area (Å²) in [6.45, 7) is 6.67. The lowest BCUT2D eigenvalue weighted by molar-refractivity contribution is 0.223. The van der Waals surface area contributed by atoms with Crippen molar-refractivity contribution in [3.8, 4) is 28.6 Å². The third kappa shape index (κ3) is 5.28. The average Bonchev–Trinajstić information content (AvgIpc) is 3.08. The third-order valence-electron chi connectivity index (χ3n) is 5.47. The molecular formula is C28H26N4O3S. The zero-order valence-electron chi connectivity index (χ0n) is 19.9. The minimum absolute atomic E-state index is 0.418. The summed E-state index contributed by atoms with van der Waals surface area (Å²) in [7, 11) is 0. The van der Waals surface area contributed by atoms with Gasteiger partial charge in [-0.15, -0.1) is 16.8 Å². The second-order valence-corrected chi connectivity index (χ2v) is 8.94. The molecule has 0 fully saturated rings. The molecule has 0 bridgehead atoms. The minimum Gasteiger partial charge on any atom is -0.490 e. The van der Waals surface area contributed by atoms with E-state index >= 15 is 0 Å². The Labute approximate surface area is 214 Å². The minimum atomic E-state index is -0.524. The van der Waals surface area contributed by atoms with Crippen LogP contribution >= 0.6 is 11.8 Å². The maximum Gasteiger partial charge on any atom is 0.247 e. The molecule has 1 aromatic heterocycles. The first-order valence-corrected chi connectivity index (χ1v) is 12.7. The number of hydrogen-bond donors (Lipinski definition) is 1. The van der Waals surface area contributed by atoms with Crippen LogP contribution in [0.1, 0.15) is 24.3 Å². The van der Waals surface area contributed by atoms with Crippen LogP contribution < -0.4 is 19.5 Å². The maximum absolute atomic E-state index is 6.39. The number of benzene rings is 3. The van der Waals surface area contributed by atoms with Crippen LogP contribution in [0.4, 0.5) is 5.69 Å². The van der Waals surface area contributed by atoms with E-state index in [-0.39, 0.29) is 0 Å². The number of ether oxygens (including phenoxy) is 3. The molecule has 1 atom stereocenters. The van der Waals surface area contributed by atoms with Gasteiger partial charge in [-0.25, -0.2) is 0 Å². The Kier molecular flexibility index (Phi) is 7.33. The zero-order chi connectivity index (χ0) is 24.7. The molecule has 36 heavy (non-hydrogen) atoms. The number of anilines is 1. The summed E-state index contributed by atoms with van der Waals surface area (Å²) in [4.78, 5) is 4.65. The molecule has 0 radical (unpaired) electrons. The number of rotatable bonds is 9. The van der Waals surface area contributed by atoms with Gasteiger partial charge in [0.05, 0.1) is 6.61 Å². The molecule has 0 aliphatic carbocycles. The Morgan fingerprint density at radius 1 is 1.00 bits per heavy atom. The first kappa shape index (κ1) is 23.7. The Morgan fingerprint density at radius 3 is 2.67 bits per heavy atom. The van der Waals surface area contributed by atoms with E-state index in [1.807, 2.05) is 79.7 Å². The van der Waals surface area contributed by atoms with Crippen molar-refractivity contribution in [2.24, 2.45) is 0 Å². The maximum atomic E-state index is 6.39. The van der Waals surface area contributed by atoms with Crippen molar-refractivity contribution < 1.29 is 14.2 Å². The van der Waals surface area contributed by atoms with Crippen LogP contribution in [0.15, 0.2) is 90.6 Å². The fourth-order valence-corrected chi connectivity index (χ4v) is 4.32. The van der Waals surface area contributed by atoms with Gasteiger partial charge in [0, 0.05) is 22.6 Å². The fraction of sp³-hybridized carbons (Fsp3) is 0.179. The van der Waals surface area contributed by atoms with Crippen LogP contribution in [0.5, 0.6) is 17.4 Å². The predicted octanol–water partition coefficient (Wildman–Crippen LogP) is 6.30. The summed E-state index contributed by atoms with van der Waals surface area (Å²) in [5.41, 5.74) is 4.31. The highest BCUT2D eigenvalue weighted by molar-refractivity contribution is 7.99. The van der Waals surface area contributed by atoms with Gasteiger partial charge < -0.3 is 19.5 Å². The zero-order valence-corrected chi connectivity index (χ0v) is 20.7. The van der Waals surface area contributed by atoms with Gasteiger partial charge in [0.2, 0.25) is 11.0 Å². The summed E-state index contributed by atoms with van der Waals surface area (Å²) >= 11 is 1.45. The molecule has 1 aliphatic rings.